The number of amides is 1. The number of hydrogen-bond donors (Lipinski definition) is 1. The van der Waals surface area contributed by atoms with Crippen molar-refractivity contribution < 1.29 is 14.7 Å². The molecule has 1 amide bonds. The van der Waals surface area contributed by atoms with Gasteiger partial charge in [-0.25, -0.2) is 0 Å². The standard InChI is InChI=1S/C19H25NO3/c1-13-16(19(22)23)10-5-11-20(13)18(21)12-15-8-4-7-14-6-2-3-9-17(14)15/h2-3,6,9,13,15-16H,4-5,7-8,10-12H2,1H3,(H,22,23)/t13-,15?,16-/m1/s1. The molecule has 2 aliphatic rings. The molecule has 1 fully saturated rings. The molecule has 124 valence electrons. The van der Waals surface area contributed by atoms with Crippen molar-refractivity contribution in [1.82, 2.24) is 4.90 Å². The topological polar surface area (TPSA) is 57.6 Å². The Bertz CT molecular complexity index is 598. The Morgan fingerprint density at radius 3 is 2.78 bits per heavy atom. The molecule has 1 aliphatic carbocycles. The van der Waals surface area contributed by atoms with Crippen molar-refractivity contribution in [3.63, 3.8) is 0 Å². The van der Waals surface area contributed by atoms with Crippen LogP contribution in [0.15, 0.2) is 24.3 Å². The Morgan fingerprint density at radius 1 is 1.22 bits per heavy atom. The summed E-state index contributed by atoms with van der Waals surface area (Å²) >= 11 is 0. The summed E-state index contributed by atoms with van der Waals surface area (Å²) in [4.78, 5) is 25.9. The third-order valence-corrected chi connectivity index (χ3v) is 5.54. The van der Waals surface area contributed by atoms with Crippen molar-refractivity contribution in [3.05, 3.63) is 35.4 Å². The summed E-state index contributed by atoms with van der Waals surface area (Å²) in [6, 6.07) is 8.22. The summed E-state index contributed by atoms with van der Waals surface area (Å²) < 4.78 is 0. The molecule has 1 N–H and O–H groups in total. The number of benzene rings is 1. The van der Waals surface area contributed by atoms with E-state index in [0.717, 1.165) is 25.7 Å². The van der Waals surface area contributed by atoms with Crippen molar-refractivity contribution in [2.45, 2.75) is 57.4 Å². The van der Waals surface area contributed by atoms with E-state index in [1.54, 1.807) is 4.90 Å². The van der Waals surface area contributed by atoms with E-state index in [1.165, 1.54) is 11.1 Å². The summed E-state index contributed by atoms with van der Waals surface area (Å²) in [5.41, 5.74) is 2.68. The molecule has 3 atom stereocenters. The molecule has 1 unspecified atom stereocenters. The van der Waals surface area contributed by atoms with Gasteiger partial charge in [0.1, 0.15) is 0 Å². The number of carboxylic acid groups (broad SMARTS) is 1. The molecule has 3 rings (SSSR count). The van der Waals surface area contributed by atoms with Crippen LogP contribution in [0.1, 0.15) is 56.1 Å². The van der Waals surface area contributed by atoms with Gasteiger partial charge in [0, 0.05) is 19.0 Å². The number of carboxylic acids is 1. The van der Waals surface area contributed by atoms with Crippen molar-refractivity contribution in [2.24, 2.45) is 5.92 Å². The van der Waals surface area contributed by atoms with Gasteiger partial charge in [-0.15, -0.1) is 0 Å². The largest absolute Gasteiger partial charge is 0.481 e. The number of hydrogen-bond acceptors (Lipinski definition) is 2. The average Bonchev–Trinajstić information content (AvgIpc) is 2.55. The number of likely N-dealkylation sites (tertiary alicyclic amines) is 1. The molecule has 4 nitrogen and oxygen atoms in total. The van der Waals surface area contributed by atoms with Crippen LogP contribution in [-0.4, -0.2) is 34.5 Å². The Hall–Kier alpha value is -1.84. The first-order chi connectivity index (χ1) is 11.1. The number of rotatable bonds is 3. The fourth-order valence-corrected chi connectivity index (χ4v) is 4.22. The van der Waals surface area contributed by atoms with E-state index < -0.39 is 11.9 Å². The van der Waals surface area contributed by atoms with Crippen molar-refractivity contribution in [3.8, 4) is 0 Å². The van der Waals surface area contributed by atoms with Gasteiger partial charge in [0.05, 0.1) is 5.92 Å². The number of nitrogens with zero attached hydrogens (tertiary/aromatic N) is 1. The van der Waals surface area contributed by atoms with E-state index >= 15 is 0 Å². The first-order valence-electron chi connectivity index (χ1n) is 8.68. The number of fused-ring (bicyclic) bond motifs is 1. The van der Waals surface area contributed by atoms with Crippen LogP contribution in [-0.2, 0) is 16.0 Å². The molecule has 23 heavy (non-hydrogen) atoms. The number of piperidine rings is 1. The van der Waals surface area contributed by atoms with Crippen LogP contribution in [0.2, 0.25) is 0 Å². The molecule has 1 aliphatic heterocycles. The molecule has 1 saturated heterocycles. The molecule has 0 spiro atoms. The molecule has 0 radical (unpaired) electrons. The average molecular weight is 315 g/mol. The highest BCUT2D eigenvalue weighted by Gasteiger charge is 2.36. The Balaban J connectivity index is 1.71. The molecule has 0 saturated carbocycles. The minimum absolute atomic E-state index is 0.116. The molecule has 0 aromatic heterocycles. The van der Waals surface area contributed by atoms with Gasteiger partial charge in [-0.3, -0.25) is 9.59 Å². The Labute approximate surface area is 137 Å². The highest BCUT2D eigenvalue weighted by molar-refractivity contribution is 5.79. The number of aryl methyl sites for hydroxylation is 1. The Kier molecular flexibility index (Phi) is 4.69. The molecule has 1 aromatic carbocycles. The second-order valence-corrected chi connectivity index (χ2v) is 6.91. The van der Waals surface area contributed by atoms with Crippen LogP contribution in [0.5, 0.6) is 0 Å². The van der Waals surface area contributed by atoms with Crippen molar-refractivity contribution in [2.75, 3.05) is 6.54 Å². The van der Waals surface area contributed by atoms with Crippen molar-refractivity contribution >= 4 is 11.9 Å². The molecule has 4 heteroatoms. The lowest BCUT2D eigenvalue weighted by Gasteiger charge is -2.38. The minimum Gasteiger partial charge on any atom is -0.481 e. The van der Waals surface area contributed by atoms with E-state index in [-0.39, 0.29) is 17.9 Å². The predicted molar refractivity (Wildman–Crippen MR) is 88.3 cm³/mol. The predicted octanol–water partition coefficient (Wildman–Crippen LogP) is 3.21. The second kappa shape index (κ2) is 6.73. The van der Waals surface area contributed by atoms with E-state index in [9.17, 15) is 14.7 Å². The quantitative estimate of drug-likeness (QED) is 0.932. The smallest absolute Gasteiger partial charge is 0.308 e. The molecule has 1 aromatic rings. The Morgan fingerprint density at radius 2 is 2.00 bits per heavy atom. The first kappa shape index (κ1) is 16.0. The van der Waals surface area contributed by atoms with Crippen LogP contribution in [0.25, 0.3) is 0 Å². The fourth-order valence-electron chi connectivity index (χ4n) is 4.22. The lowest BCUT2D eigenvalue weighted by molar-refractivity contribution is -0.149. The van der Waals surface area contributed by atoms with Gasteiger partial charge in [-0.2, -0.15) is 0 Å². The summed E-state index contributed by atoms with van der Waals surface area (Å²) in [5.74, 6) is -0.806. The lowest BCUT2D eigenvalue weighted by atomic mass is 9.80. The van der Waals surface area contributed by atoms with Gasteiger partial charge in [-0.05, 0) is 56.1 Å². The van der Waals surface area contributed by atoms with E-state index in [4.69, 9.17) is 0 Å². The van der Waals surface area contributed by atoms with Gasteiger partial charge in [-0.1, -0.05) is 24.3 Å². The zero-order valence-electron chi connectivity index (χ0n) is 13.7. The monoisotopic (exact) mass is 315 g/mol. The first-order valence-corrected chi connectivity index (χ1v) is 8.68. The third-order valence-electron chi connectivity index (χ3n) is 5.54. The van der Waals surface area contributed by atoms with E-state index in [0.29, 0.717) is 19.4 Å². The van der Waals surface area contributed by atoms with Crippen LogP contribution >= 0.6 is 0 Å². The molecular weight excluding hydrogens is 290 g/mol. The molecular formula is C19H25NO3. The van der Waals surface area contributed by atoms with Crippen LogP contribution in [0, 0.1) is 5.92 Å². The minimum atomic E-state index is -0.780. The molecule has 0 bridgehead atoms. The summed E-state index contributed by atoms with van der Waals surface area (Å²) in [6.45, 7) is 2.57. The van der Waals surface area contributed by atoms with E-state index in [1.807, 2.05) is 13.0 Å². The van der Waals surface area contributed by atoms with Gasteiger partial charge in [0.2, 0.25) is 5.91 Å². The summed E-state index contributed by atoms with van der Waals surface area (Å²) in [6.07, 6.45) is 5.24. The van der Waals surface area contributed by atoms with Gasteiger partial charge >= 0.3 is 5.97 Å². The van der Waals surface area contributed by atoms with Gasteiger partial charge < -0.3 is 10.0 Å². The normalized spacial score (nSPS) is 27.3. The highest BCUT2D eigenvalue weighted by atomic mass is 16.4. The maximum Gasteiger partial charge on any atom is 0.308 e. The molecule has 1 heterocycles. The maximum absolute atomic E-state index is 12.8. The lowest BCUT2D eigenvalue weighted by Crippen LogP contribution is -2.49. The van der Waals surface area contributed by atoms with E-state index in [2.05, 4.69) is 18.2 Å². The SMILES string of the molecule is C[C@@H]1[C@H](C(=O)O)CCCN1C(=O)CC1CCCc2ccccc21. The van der Waals surface area contributed by atoms with Crippen LogP contribution < -0.4 is 0 Å². The number of carbonyl (C=O) groups excluding carboxylic acids is 1. The third kappa shape index (κ3) is 3.26. The summed E-state index contributed by atoms with van der Waals surface area (Å²) in [7, 11) is 0. The number of carbonyl (C=O) groups is 2. The summed E-state index contributed by atoms with van der Waals surface area (Å²) in [5, 5.41) is 9.32. The van der Waals surface area contributed by atoms with Gasteiger partial charge in [0.25, 0.3) is 0 Å². The fraction of sp³-hybridized carbons (Fsp3) is 0.579. The second-order valence-electron chi connectivity index (χ2n) is 6.91. The van der Waals surface area contributed by atoms with Crippen LogP contribution in [0.3, 0.4) is 0 Å². The van der Waals surface area contributed by atoms with Crippen molar-refractivity contribution in [1.29, 1.82) is 0 Å². The zero-order valence-corrected chi connectivity index (χ0v) is 13.7. The van der Waals surface area contributed by atoms with Crippen LogP contribution in [0.4, 0.5) is 0 Å². The zero-order chi connectivity index (χ0) is 16.4. The maximum atomic E-state index is 12.8. The van der Waals surface area contributed by atoms with Gasteiger partial charge in [0.15, 0.2) is 0 Å². The highest BCUT2D eigenvalue weighted by Crippen LogP contribution is 2.35. The number of aliphatic carboxylic acids is 1.